The molecular formula is C23H33N3O4S. The minimum absolute atomic E-state index is 0.0853. The Morgan fingerprint density at radius 1 is 1.23 bits per heavy atom. The standard InChI is InChI=1S/C23H33N3O4S/c1-22(2,3)30-21(29)26-13-18(14-27)23(15-26,17-11-7-8-12-17)25-20(31)24-19(28)16-9-5-4-6-10-16/h4-6,9-10,17-18,27H,7-8,11-15H2,1-3H3,(H2,24,25,28,31). The van der Waals surface area contributed by atoms with E-state index in [9.17, 15) is 14.7 Å². The SMILES string of the molecule is CC(C)(C)OC(=O)N1CC(CO)C(NC(=S)NC(=O)c2ccccc2)(C2CCCC2)C1. The molecule has 1 aromatic carbocycles. The number of amides is 2. The van der Waals surface area contributed by atoms with Gasteiger partial charge in [0.05, 0.1) is 5.54 Å². The third kappa shape index (κ3) is 5.54. The minimum atomic E-state index is -0.608. The molecule has 7 nitrogen and oxygen atoms in total. The highest BCUT2D eigenvalue weighted by Gasteiger charge is 2.54. The van der Waals surface area contributed by atoms with Crippen LogP contribution in [0.5, 0.6) is 0 Å². The van der Waals surface area contributed by atoms with Gasteiger partial charge in [0.15, 0.2) is 5.11 Å². The first-order chi connectivity index (χ1) is 14.6. The largest absolute Gasteiger partial charge is 0.444 e. The molecule has 170 valence electrons. The molecule has 2 aliphatic rings. The molecule has 8 heteroatoms. The molecule has 1 saturated carbocycles. The summed E-state index contributed by atoms with van der Waals surface area (Å²) < 4.78 is 5.57. The normalized spacial score (nSPS) is 24.1. The van der Waals surface area contributed by atoms with Crippen molar-refractivity contribution >= 4 is 29.3 Å². The Morgan fingerprint density at radius 3 is 2.45 bits per heavy atom. The van der Waals surface area contributed by atoms with Gasteiger partial charge in [0, 0.05) is 31.2 Å². The number of rotatable bonds is 4. The number of nitrogens with one attached hydrogen (secondary N) is 2. The lowest BCUT2D eigenvalue weighted by molar-refractivity contribution is 0.0273. The van der Waals surface area contributed by atoms with Crippen LogP contribution in [-0.2, 0) is 4.74 Å². The molecule has 0 aromatic heterocycles. The first kappa shape index (κ1) is 23.5. The lowest BCUT2D eigenvalue weighted by atomic mass is 9.75. The van der Waals surface area contributed by atoms with E-state index in [1.165, 1.54) is 0 Å². The molecule has 2 amide bonds. The summed E-state index contributed by atoms with van der Waals surface area (Å²) in [5.74, 6) is -0.263. The van der Waals surface area contributed by atoms with Crippen LogP contribution in [0, 0.1) is 11.8 Å². The molecule has 1 heterocycles. The fraction of sp³-hybridized carbons (Fsp3) is 0.609. The lowest BCUT2D eigenvalue weighted by Gasteiger charge is -2.41. The fourth-order valence-electron chi connectivity index (χ4n) is 4.78. The summed E-state index contributed by atoms with van der Waals surface area (Å²) in [7, 11) is 0. The number of likely N-dealkylation sites (tertiary alicyclic amines) is 1. The van der Waals surface area contributed by atoms with Crippen LogP contribution in [0.3, 0.4) is 0 Å². The van der Waals surface area contributed by atoms with Gasteiger partial charge in [0.2, 0.25) is 0 Å². The predicted molar refractivity (Wildman–Crippen MR) is 123 cm³/mol. The van der Waals surface area contributed by atoms with Gasteiger partial charge in [0.25, 0.3) is 5.91 Å². The summed E-state index contributed by atoms with van der Waals surface area (Å²) in [6.07, 6.45) is 3.78. The Hall–Kier alpha value is -2.19. The summed E-state index contributed by atoms with van der Waals surface area (Å²) in [4.78, 5) is 27.0. The van der Waals surface area contributed by atoms with Crippen molar-refractivity contribution in [3.8, 4) is 0 Å². The number of aliphatic hydroxyl groups is 1. The first-order valence-corrected chi connectivity index (χ1v) is 11.3. The zero-order chi connectivity index (χ0) is 22.6. The molecule has 2 atom stereocenters. The van der Waals surface area contributed by atoms with E-state index in [1.807, 2.05) is 26.8 Å². The van der Waals surface area contributed by atoms with Gasteiger partial charge in [-0.3, -0.25) is 10.1 Å². The number of benzene rings is 1. The minimum Gasteiger partial charge on any atom is -0.444 e. The van der Waals surface area contributed by atoms with Crippen molar-refractivity contribution in [2.45, 2.75) is 57.6 Å². The smallest absolute Gasteiger partial charge is 0.410 e. The van der Waals surface area contributed by atoms with E-state index in [0.717, 1.165) is 25.7 Å². The van der Waals surface area contributed by atoms with Crippen LogP contribution >= 0.6 is 12.2 Å². The number of carbonyl (C=O) groups is 2. The van der Waals surface area contributed by atoms with Crippen LogP contribution in [-0.4, -0.2) is 58.0 Å². The average Bonchev–Trinajstić information content (AvgIpc) is 3.36. The molecule has 1 aliphatic heterocycles. The van der Waals surface area contributed by atoms with Crippen LogP contribution in [0.15, 0.2) is 30.3 Å². The van der Waals surface area contributed by atoms with Crippen molar-refractivity contribution in [2.75, 3.05) is 19.7 Å². The van der Waals surface area contributed by atoms with Crippen molar-refractivity contribution in [2.24, 2.45) is 11.8 Å². The van der Waals surface area contributed by atoms with Crippen molar-refractivity contribution in [3.05, 3.63) is 35.9 Å². The van der Waals surface area contributed by atoms with Crippen LogP contribution in [0.4, 0.5) is 4.79 Å². The Morgan fingerprint density at radius 2 is 1.87 bits per heavy atom. The molecule has 0 bridgehead atoms. The van der Waals surface area contributed by atoms with Gasteiger partial charge in [-0.1, -0.05) is 31.0 Å². The zero-order valence-electron chi connectivity index (χ0n) is 18.5. The second kappa shape index (κ2) is 9.53. The van der Waals surface area contributed by atoms with Gasteiger partial charge in [-0.2, -0.15) is 0 Å². The maximum Gasteiger partial charge on any atom is 0.410 e. The molecule has 31 heavy (non-hydrogen) atoms. The maximum atomic E-state index is 12.8. The molecule has 1 aromatic rings. The quantitative estimate of drug-likeness (QED) is 0.615. The average molecular weight is 448 g/mol. The summed E-state index contributed by atoms with van der Waals surface area (Å²) in [5, 5.41) is 16.6. The van der Waals surface area contributed by atoms with Crippen LogP contribution in [0.25, 0.3) is 0 Å². The van der Waals surface area contributed by atoms with Crippen molar-refractivity contribution in [1.29, 1.82) is 0 Å². The monoisotopic (exact) mass is 447 g/mol. The molecular weight excluding hydrogens is 414 g/mol. The van der Waals surface area contributed by atoms with Crippen LogP contribution in [0.2, 0.25) is 0 Å². The highest BCUT2D eigenvalue weighted by molar-refractivity contribution is 7.80. The van der Waals surface area contributed by atoms with E-state index >= 15 is 0 Å². The number of carbonyl (C=O) groups excluding carboxylic acids is 2. The number of thiocarbonyl (C=S) groups is 1. The molecule has 0 radical (unpaired) electrons. The summed E-state index contributed by atoms with van der Waals surface area (Å²) in [5.41, 5.74) is -0.693. The third-order valence-electron chi connectivity index (χ3n) is 6.19. The Balaban J connectivity index is 1.79. The predicted octanol–water partition coefficient (Wildman–Crippen LogP) is 3.08. The van der Waals surface area contributed by atoms with E-state index in [-0.39, 0.29) is 29.5 Å². The lowest BCUT2D eigenvalue weighted by Crippen LogP contribution is -2.62. The molecule has 3 rings (SSSR count). The van der Waals surface area contributed by atoms with E-state index in [0.29, 0.717) is 18.7 Å². The summed E-state index contributed by atoms with van der Waals surface area (Å²) in [6, 6.07) is 8.88. The Labute approximate surface area is 189 Å². The number of hydrogen-bond donors (Lipinski definition) is 3. The summed E-state index contributed by atoms with van der Waals surface area (Å²) >= 11 is 5.51. The van der Waals surface area contributed by atoms with Gasteiger partial charge >= 0.3 is 6.09 Å². The second-order valence-electron chi connectivity index (χ2n) is 9.54. The first-order valence-electron chi connectivity index (χ1n) is 10.9. The molecule has 3 N–H and O–H groups in total. The number of ether oxygens (including phenoxy) is 1. The van der Waals surface area contributed by atoms with E-state index in [1.54, 1.807) is 29.2 Å². The van der Waals surface area contributed by atoms with Gasteiger partial charge in [-0.05, 0) is 63.9 Å². The van der Waals surface area contributed by atoms with E-state index < -0.39 is 17.2 Å². The van der Waals surface area contributed by atoms with E-state index in [2.05, 4.69) is 10.6 Å². The van der Waals surface area contributed by atoms with Crippen LogP contribution in [0.1, 0.15) is 56.8 Å². The van der Waals surface area contributed by atoms with Gasteiger partial charge in [0.1, 0.15) is 5.60 Å². The number of nitrogens with zero attached hydrogens (tertiary/aromatic N) is 1. The third-order valence-corrected chi connectivity index (χ3v) is 6.39. The van der Waals surface area contributed by atoms with Crippen molar-refractivity contribution in [1.82, 2.24) is 15.5 Å². The van der Waals surface area contributed by atoms with Gasteiger partial charge in [-0.25, -0.2) is 4.79 Å². The zero-order valence-corrected chi connectivity index (χ0v) is 19.3. The van der Waals surface area contributed by atoms with Crippen LogP contribution < -0.4 is 10.6 Å². The topological polar surface area (TPSA) is 90.9 Å². The van der Waals surface area contributed by atoms with Gasteiger partial charge < -0.3 is 20.1 Å². The molecule has 1 saturated heterocycles. The molecule has 1 aliphatic carbocycles. The Bertz CT molecular complexity index is 805. The van der Waals surface area contributed by atoms with Crippen molar-refractivity contribution in [3.63, 3.8) is 0 Å². The molecule has 2 fully saturated rings. The van der Waals surface area contributed by atoms with Crippen molar-refractivity contribution < 1.29 is 19.4 Å². The molecule has 0 spiro atoms. The highest BCUT2D eigenvalue weighted by atomic mass is 32.1. The number of aliphatic hydroxyl groups excluding tert-OH is 1. The fourth-order valence-corrected chi connectivity index (χ4v) is 5.06. The maximum absolute atomic E-state index is 12.8. The Kier molecular flexibility index (Phi) is 7.21. The second-order valence-corrected chi connectivity index (χ2v) is 9.94. The summed E-state index contributed by atoms with van der Waals surface area (Å²) in [6.45, 7) is 6.17. The van der Waals surface area contributed by atoms with E-state index in [4.69, 9.17) is 17.0 Å². The highest BCUT2D eigenvalue weighted by Crippen LogP contribution is 2.43. The number of hydrogen-bond acceptors (Lipinski definition) is 5. The van der Waals surface area contributed by atoms with Gasteiger partial charge in [-0.15, -0.1) is 0 Å². The molecule has 2 unspecified atom stereocenters.